The Bertz CT molecular complexity index is 338. The Morgan fingerprint density at radius 1 is 1.40 bits per heavy atom. The van der Waals surface area contributed by atoms with Crippen LogP contribution in [0.3, 0.4) is 0 Å². The second-order valence-corrected chi connectivity index (χ2v) is 3.79. The number of benzene rings is 1. The summed E-state index contributed by atoms with van der Waals surface area (Å²) in [4.78, 5) is 4.45. The van der Waals surface area contributed by atoms with Crippen LogP contribution in [0, 0.1) is 6.07 Å². The molecule has 0 radical (unpaired) electrons. The maximum atomic E-state index is 5.47. The van der Waals surface area contributed by atoms with E-state index in [0.29, 0.717) is 12.5 Å². The van der Waals surface area contributed by atoms with E-state index in [1.165, 1.54) is 0 Å². The molecule has 0 fully saturated rings. The summed E-state index contributed by atoms with van der Waals surface area (Å²) in [6, 6.07) is 10.8. The van der Waals surface area contributed by atoms with Crippen LogP contribution >= 0.6 is 0 Å². The SMILES string of the molecule is CC1(C)COC(c2[c-]cccc2)=N1.[Cl-].[Mg+2]. The molecule has 0 saturated carbocycles. The first-order valence-corrected chi connectivity index (χ1v) is 4.37. The molecule has 1 aromatic rings. The Kier molecular flexibility index (Phi) is 5.63. The molecule has 76 valence electrons. The van der Waals surface area contributed by atoms with Gasteiger partial charge < -0.3 is 17.1 Å². The van der Waals surface area contributed by atoms with Gasteiger partial charge in [-0.3, -0.25) is 4.99 Å². The van der Waals surface area contributed by atoms with Crippen LogP contribution in [0.1, 0.15) is 19.4 Å². The smallest absolute Gasteiger partial charge is 1.00 e. The van der Waals surface area contributed by atoms with E-state index in [2.05, 4.69) is 24.9 Å². The van der Waals surface area contributed by atoms with Gasteiger partial charge in [-0.05, 0) is 13.8 Å². The fourth-order valence-corrected chi connectivity index (χ4v) is 1.25. The second-order valence-electron chi connectivity index (χ2n) is 3.79. The summed E-state index contributed by atoms with van der Waals surface area (Å²) in [6.07, 6.45) is 0. The minimum atomic E-state index is -0.0843. The van der Waals surface area contributed by atoms with E-state index in [0.717, 1.165) is 5.56 Å². The third-order valence-corrected chi connectivity index (χ3v) is 1.91. The average Bonchev–Trinajstić information content (AvgIpc) is 2.48. The summed E-state index contributed by atoms with van der Waals surface area (Å²) < 4.78 is 5.47. The van der Waals surface area contributed by atoms with Gasteiger partial charge in [-0.15, -0.1) is 30.3 Å². The van der Waals surface area contributed by atoms with E-state index >= 15 is 0 Å². The van der Waals surface area contributed by atoms with E-state index in [-0.39, 0.29) is 41.0 Å². The monoisotopic (exact) mass is 233 g/mol. The normalized spacial score (nSPS) is 16.8. The van der Waals surface area contributed by atoms with Crippen molar-refractivity contribution in [1.82, 2.24) is 0 Å². The van der Waals surface area contributed by atoms with Crippen molar-refractivity contribution in [3.63, 3.8) is 0 Å². The van der Waals surface area contributed by atoms with E-state index in [4.69, 9.17) is 4.74 Å². The molecule has 1 aromatic carbocycles. The molecule has 2 rings (SSSR count). The first-order valence-electron chi connectivity index (χ1n) is 4.37. The molecular formula is C11H12ClMgNO. The number of ether oxygens (including phenoxy) is 1. The van der Waals surface area contributed by atoms with E-state index in [9.17, 15) is 0 Å². The molecule has 2 nitrogen and oxygen atoms in total. The zero-order chi connectivity index (χ0) is 9.31. The van der Waals surface area contributed by atoms with Crippen molar-refractivity contribution in [3.05, 3.63) is 35.9 Å². The molecule has 0 saturated heterocycles. The van der Waals surface area contributed by atoms with Crippen LogP contribution in [0.25, 0.3) is 0 Å². The third kappa shape index (κ3) is 3.67. The van der Waals surface area contributed by atoms with Gasteiger partial charge in [-0.25, -0.2) is 0 Å². The molecule has 0 aromatic heterocycles. The van der Waals surface area contributed by atoms with Gasteiger partial charge in [0.15, 0.2) is 0 Å². The molecule has 1 heterocycles. The Morgan fingerprint density at radius 3 is 2.60 bits per heavy atom. The number of aliphatic imine (C=N–C) groups is 1. The van der Waals surface area contributed by atoms with Crippen LogP contribution in [-0.4, -0.2) is 41.1 Å². The van der Waals surface area contributed by atoms with Gasteiger partial charge in [0.05, 0.1) is 5.54 Å². The van der Waals surface area contributed by atoms with Crippen molar-refractivity contribution in [3.8, 4) is 0 Å². The van der Waals surface area contributed by atoms with Crippen molar-refractivity contribution in [2.45, 2.75) is 19.4 Å². The molecule has 15 heavy (non-hydrogen) atoms. The van der Waals surface area contributed by atoms with Crippen molar-refractivity contribution >= 4 is 29.0 Å². The van der Waals surface area contributed by atoms with Gasteiger partial charge in [-0.1, -0.05) is 5.56 Å². The minimum absolute atomic E-state index is 0. The number of nitrogens with zero attached hydrogens (tertiary/aromatic N) is 1. The first-order chi connectivity index (χ1) is 6.17. The molecule has 0 unspecified atom stereocenters. The van der Waals surface area contributed by atoms with Crippen molar-refractivity contribution in [1.29, 1.82) is 0 Å². The molecule has 0 amide bonds. The van der Waals surface area contributed by atoms with Crippen molar-refractivity contribution in [2.75, 3.05) is 6.61 Å². The average molecular weight is 234 g/mol. The summed E-state index contributed by atoms with van der Waals surface area (Å²) in [6.45, 7) is 4.77. The Labute approximate surface area is 113 Å². The van der Waals surface area contributed by atoms with Crippen LogP contribution in [0.4, 0.5) is 0 Å². The quantitative estimate of drug-likeness (QED) is 0.435. The fourth-order valence-electron chi connectivity index (χ4n) is 1.25. The van der Waals surface area contributed by atoms with E-state index in [1.807, 2.05) is 24.3 Å². The van der Waals surface area contributed by atoms with Gasteiger partial charge in [0.1, 0.15) is 12.5 Å². The number of hydrogen-bond acceptors (Lipinski definition) is 2. The Balaban J connectivity index is 0.000000980. The predicted octanol–water partition coefficient (Wildman–Crippen LogP) is -1.33. The molecule has 0 aliphatic carbocycles. The predicted molar refractivity (Wildman–Crippen MR) is 57.6 cm³/mol. The molecule has 0 atom stereocenters. The largest absolute Gasteiger partial charge is 2.00 e. The summed E-state index contributed by atoms with van der Waals surface area (Å²) >= 11 is 0. The molecule has 0 bridgehead atoms. The molecule has 0 N–H and O–H groups in total. The van der Waals surface area contributed by atoms with Gasteiger partial charge in [0.25, 0.3) is 0 Å². The summed E-state index contributed by atoms with van der Waals surface area (Å²) in [7, 11) is 0. The summed E-state index contributed by atoms with van der Waals surface area (Å²) in [5.41, 5.74) is 0.854. The van der Waals surface area contributed by atoms with Crippen LogP contribution in [-0.2, 0) is 4.74 Å². The van der Waals surface area contributed by atoms with Crippen molar-refractivity contribution in [2.24, 2.45) is 4.99 Å². The molecule has 0 spiro atoms. The number of halogens is 1. The Morgan fingerprint density at radius 2 is 2.13 bits per heavy atom. The fraction of sp³-hybridized carbons (Fsp3) is 0.364. The third-order valence-electron chi connectivity index (χ3n) is 1.91. The van der Waals surface area contributed by atoms with Crippen LogP contribution in [0.15, 0.2) is 29.3 Å². The minimum Gasteiger partial charge on any atom is -1.00 e. The maximum absolute atomic E-state index is 5.47. The maximum Gasteiger partial charge on any atom is 2.00 e. The van der Waals surface area contributed by atoms with Gasteiger partial charge in [-0.2, -0.15) is 0 Å². The molecule has 1 aliphatic rings. The topological polar surface area (TPSA) is 21.6 Å². The first kappa shape index (κ1) is 14.7. The zero-order valence-electron chi connectivity index (χ0n) is 8.96. The summed E-state index contributed by atoms with van der Waals surface area (Å²) in [5, 5.41) is 0. The zero-order valence-corrected chi connectivity index (χ0v) is 11.1. The van der Waals surface area contributed by atoms with Gasteiger partial charge >= 0.3 is 23.1 Å². The van der Waals surface area contributed by atoms with Gasteiger partial charge in [0, 0.05) is 0 Å². The molecule has 1 aliphatic heterocycles. The van der Waals surface area contributed by atoms with Crippen molar-refractivity contribution < 1.29 is 17.1 Å². The standard InChI is InChI=1S/C11H12NO.ClH.Mg/c1-11(2)8-13-10(12-11)9-6-4-3-5-7-9;;/h3-6H,8H2,1-2H3;1H;/q-1;;+2/p-1. The Hall–Kier alpha value is -0.254. The van der Waals surface area contributed by atoms with E-state index in [1.54, 1.807) is 0 Å². The number of rotatable bonds is 1. The second kappa shape index (κ2) is 5.73. The molecule has 4 heteroatoms. The van der Waals surface area contributed by atoms with Crippen LogP contribution < -0.4 is 12.4 Å². The van der Waals surface area contributed by atoms with Gasteiger partial charge in [0.2, 0.25) is 0 Å². The van der Waals surface area contributed by atoms with Crippen LogP contribution in [0.5, 0.6) is 0 Å². The molecular weight excluding hydrogens is 222 g/mol. The van der Waals surface area contributed by atoms with E-state index < -0.39 is 0 Å². The summed E-state index contributed by atoms with van der Waals surface area (Å²) in [5.74, 6) is 0.714. The number of hydrogen-bond donors (Lipinski definition) is 0. The van der Waals surface area contributed by atoms with Crippen LogP contribution in [0.2, 0.25) is 0 Å².